The molecule has 1 aromatic heterocycles. The molecule has 3 amide bonds. The molecule has 0 unspecified atom stereocenters. The number of urea groups is 1. The van der Waals surface area contributed by atoms with Gasteiger partial charge in [-0.3, -0.25) is 20.0 Å². The van der Waals surface area contributed by atoms with Gasteiger partial charge in [-0.2, -0.15) is 0 Å². The summed E-state index contributed by atoms with van der Waals surface area (Å²) in [5, 5.41) is 5.36. The van der Waals surface area contributed by atoms with Crippen LogP contribution in [0.2, 0.25) is 0 Å². The minimum atomic E-state index is -0.373. The topological polar surface area (TPSA) is 90.5 Å². The van der Waals surface area contributed by atoms with Crippen LogP contribution in [0.1, 0.15) is 32.6 Å². The van der Waals surface area contributed by atoms with Crippen LogP contribution in [0.4, 0.5) is 10.6 Å². The molecule has 1 aromatic rings. The highest BCUT2D eigenvalue weighted by molar-refractivity contribution is 5.96. The first-order valence-corrected chi connectivity index (χ1v) is 9.00. The van der Waals surface area contributed by atoms with Gasteiger partial charge in [-0.1, -0.05) is 12.8 Å². The summed E-state index contributed by atoms with van der Waals surface area (Å²) in [6, 6.07) is -0.501. The lowest BCUT2D eigenvalue weighted by atomic mass is 10.2. The first-order chi connectivity index (χ1) is 12.1. The lowest BCUT2D eigenvalue weighted by molar-refractivity contribution is -0.124. The third-order valence-corrected chi connectivity index (χ3v) is 5.04. The van der Waals surface area contributed by atoms with Crippen LogP contribution in [-0.2, 0) is 4.79 Å². The number of anilines is 1. The van der Waals surface area contributed by atoms with E-state index in [4.69, 9.17) is 0 Å². The number of aromatic nitrogens is 2. The van der Waals surface area contributed by atoms with Crippen molar-refractivity contribution in [2.75, 3.05) is 31.1 Å². The molecule has 0 bridgehead atoms. The van der Waals surface area contributed by atoms with E-state index in [0.29, 0.717) is 0 Å². The predicted octanol–water partition coefficient (Wildman–Crippen LogP) is 0.756. The Morgan fingerprint density at radius 1 is 1.16 bits per heavy atom. The van der Waals surface area contributed by atoms with Crippen molar-refractivity contribution in [1.82, 2.24) is 25.5 Å². The van der Waals surface area contributed by atoms with Crippen molar-refractivity contribution >= 4 is 17.8 Å². The maximum Gasteiger partial charge on any atom is 0.321 e. The Kier molecular flexibility index (Phi) is 5.80. The molecule has 1 saturated heterocycles. The van der Waals surface area contributed by atoms with Crippen LogP contribution in [0.5, 0.6) is 0 Å². The van der Waals surface area contributed by atoms with Gasteiger partial charge in [-0.15, -0.1) is 0 Å². The summed E-state index contributed by atoms with van der Waals surface area (Å²) < 4.78 is 0. The fourth-order valence-electron chi connectivity index (χ4n) is 3.47. The highest BCUT2D eigenvalue weighted by atomic mass is 16.2. The fraction of sp³-hybridized carbons (Fsp3) is 0.647. The molecule has 0 spiro atoms. The molecule has 8 heteroatoms. The van der Waals surface area contributed by atoms with Crippen molar-refractivity contribution in [1.29, 1.82) is 0 Å². The second-order valence-electron chi connectivity index (χ2n) is 6.71. The Labute approximate surface area is 148 Å². The van der Waals surface area contributed by atoms with Crippen LogP contribution in [0, 0.1) is 0 Å². The van der Waals surface area contributed by atoms with Gasteiger partial charge in [0.15, 0.2) is 0 Å². The van der Waals surface area contributed by atoms with E-state index in [2.05, 4.69) is 30.4 Å². The molecule has 2 heterocycles. The monoisotopic (exact) mass is 346 g/mol. The first-order valence-electron chi connectivity index (χ1n) is 9.00. The lowest BCUT2D eigenvalue weighted by Gasteiger charge is -2.37. The molecule has 1 aliphatic heterocycles. The smallest absolute Gasteiger partial charge is 0.321 e. The van der Waals surface area contributed by atoms with Crippen molar-refractivity contribution in [2.24, 2.45) is 0 Å². The van der Waals surface area contributed by atoms with Gasteiger partial charge >= 0.3 is 6.03 Å². The zero-order valence-corrected chi connectivity index (χ0v) is 14.6. The summed E-state index contributed by atoms with van der Waals surface area (Å²) in [5.41, 5.74) is 0. The Hall–Kier alpha value is -2.22. The van der Waals surface area contributed by atoms with Crippen LogP contribution in [0.25, 0.3) is 0 Å². The molecule has 0 aromatic carbocycles. The van der Waals surface area contributed by atoms with Gasteiger partial charge in [-0.25, -0.2) is 9.78 Å². The number of nitrogens with zero attached hydrogens (tertiary/aromatic N) is 4. The van der Waals surface area contributed by atoms with Crippen LogP contribution in [0.15, 0.2) is 18.6 Å². The number of hydrogen-bond acceptors (Lipinski definition) is 6. The highest BCUT2D eigenvalue weighted by Crippen LogP contribution is 2.17. The third-order valence-electron chi connectivity index (χ3n) is 5.04. The van der Waals surface area contributed by atoms with E-state index in [1.807, 2.05) is 6.92 Å². The average Bonchev–Trinajstić information content (AvgIpc) is 3.14. The van der Waals surface area contributed by atoms with Gasteiger partial charge in [0.1, 0.15) is 5.82 Å². The van der Waals surface area contributed by atoms with Gasteiger partial charge in [-0.05, 0) is 19.8 Å². The van der Waals surface area contributed by atoms with E-state index in [9.17, 15) is 9.59 Å². The lowest BCUT2D eigenvalue weighted by Crippen LogP contribution is -2.56. The van der Waals surface area contributed by atoms with Crippen LogP contribution in [-0.4, -0.2) is 65.1 Å². The summed E-state index contributed by atoms with van der Waals surface area (Å²) in [6.07, 6.45) is 9.38. The molecule has 3 rings (SSSR count). The summed E-state index contributed by atoms with van der Waals surface area (Å²) in [5.74, 6) is 0.610. The minimum absolute atomic E-state index is 0.207. The fourth-order valence-corrected chi connectivity index (χ4v) is 3.47. The van der Waals surface area contributed by atoms with E-state index < -0.39 is 0 Å². The normalized spacial score (nSPS) is 20.3. The molecule has 1 aliphatic carbocycles. The third kappa shape index (κ3) is 4.66. The molecule has 2 N–H and O–H groups in total. The highest BCUT2D eigenvalue weighted by Gasteiger charge is 2.27. The van der Waals surface area contributed by atoms with Gasteiger partial charge in [0.2, 0.25) is 5.91 Å². The average molecular weight is 346 g/mol. The number of hydrogen-bond donors (Lipinski definition) is 2. The summed E-state index contributed by atoms with van der Waals surface area (Å²) >= 11 is 0. The molecule has 25 heavy (non-hydrogen) atoms. The molecule has 1 saturated carbocycles. The van der Waals surface area contributed by atoms with Gasteiger partial charge in [0.05, 0.1) is 12.2 Å². The summed E-state index contributed by atoms with van der Waals surface area (Å²) in [6.45, 7) is 4.90. The van der Waals surface area contributed by atoms with Crippen LogP contribution < -0.4 is 15.5 Å². The second kappa shape index (κ2) is 8.24. The molecule has 8 nitrogen and oxygen atoms in total. The number of rotatable bonds is 4. The quantitative estimate of drug-likeness (QED) is 0.836. The Morgan fingerprint density at radius 2 is 1.88 bits per heavy atom. The van der Waals surface area contributed by atoms with Crippen LogP contribution in [0.3, 0.4) is 0 Å². The Bertz CT molecular complexity index is 582. The van der Waals surface area contributed by atoms with Crippen molar-refractivity contribution in [2.45, 2.75) is 44.7 Å². The molecular weight excluding hydrogens is 320 g/mol. The number of imide groups is 1. The van der Waals surface area contributed by atoms with Crippen molar-refractivity contribution in [3.63, 3.8) is 0 Å². The minimum Gasteiger partial charge on any atom is -0.353 e. The van der Waals surface area contributed by atoms with E-state index in [-0.39, 0.29) is 24.0 Å². The molecule has 136 valence electrons. The number of piperazine rings is 1. The molecule has 0 radical (unpaired) electrons. The molecule has 1 atom stereocenters. The van der Waals surface area contributed by atoms with Crippen molar-refractivity contribution in [3.8, 4) is 0 Å². The van der Waals surface area contributed by atoms with Crippen molar-refractivity contribution < 1.29 is 9.59 Å². The van der Waals surface area contributed by atoms with Crippen molar-refractivity contribution in [3.05, 3.63) is 18.6 Å². The standard InChI is InChI=1S/C17H26N6O2/c1-13(16(24)21-17(25)20-14-4-2-3-5-14)22-8-10-23(11-9-22)15-12-18-6-7-19-15/h6-7,12-14H,2-5,8-11H2,1H3,(H2,20,21,24,25)/t13-/m1/s1. The zero-order valence-electron chi connectivity index (χ0n) is 14.6. The molecule has 2 aliphatic rings. The molecule has 2 fully saturated rings. The number of carbonyl (C=O) groups is 2. The van der Waals surface area contributed by atoms with E-state index in [1.54, 1.807) is 18.6 Å². The van der Waals surface area contributed by atoms with Gasteiger partial charge in [0.25, 0.3) is 0 Å². The maximum absolute atomic E-state index is 12.3. The summed E-state index contributed by atoms with van der Waals surface area (Å²) in [4.78, 5) is 36.9. The Balaban J connectivity index is 1.44. The van der Waals surface area contributed by atoms with Crippen LogP contribution >= 0.6 is 0 Å². The van der Waals surface area contributed by atoms with E-state index in [0.717, 1.165) is 57.7 Å². The number of carbonyl (C=O) groups excluding carboxylic acids is 2. The zero-order chi connectivity index (χ0) is 17.6. The molecular formula is C17H26N6O2. The Morgan fingerprint density at radius 3 is 2.52 bits per heavy atom. The van der Waals surface area contributed by atoms with E-state index >= 15 is 0 Å². The summed E-state index contributed by atoms with van der Waals surface area (Å²) in [7, 11) is 0. The number of nitrogens with one attached hydrogen (secondary N) is 2. The van der Waals surface area contributed by atoms with Gasteiger partial charge in [0, 0.05) is 44.6 Å². The predicted molar refractivity (Wildman–Crippen MR) is 94.2 cm³/mol. The largest absolute Gasteiger partial charge is 0.353 e. The number of amides is 3. The SMILES string of the molecule is C[C@H](C(=O)NC(=O)NC1CCCC1)N1CCN(c2cnccn2)CC1. The van der Waals surface area contributed by atoms with E-state index in [1.165, 1.54) is 0 Å². The second-order valence-corrected chi connectivity index (χ2v) is 6.71. The first kappa shape index (κ1) is 17.6. The van der Waals surface area contributed by atoms with Gasteiger partial charge < -0.3 is 10.2 Å². The maximum atomic E-state index is 12.3.